The van der Waals surface area contributed by atoms with Crippen LogP contribution in [0.5, 0.6) is 0 Å². The molecule has 1 aliphatic rings. The van der Waals surface area contributed by atoms with E-state index < -0.39 is 47.3 Å². The first kappa shape index (κ1) is 35.2. The van der Waals surface area contributed by atoms with Crippen LogP contribution in [0.15, 0.2) is 67.0 Å². The molecule has 2 amide bonds. The number of aromatic nitrogens is 3. The number of hydrogen-bond donors (Lipinski definition) is 2. The van der Waals surface area contributed by atoms with Crippen molar-refractivity contribution in [3.63, 3.8) is 0 Å². The van der Waals surface area contributed by atoms with E-state index in [0.717, 1.165) is 18.2 Å². The average molecular weight is 689 g/mol. The summed E-state index contributed by atoms with van der Waals surface area (Å²) in [6, 6.07) is 12.0. The number of carbonyl (C=O) groups is 2. The molecule has 9 nitrogen and oxygen atoms in total. The molecule has 0 radical (unpaired) electrons. The summed E-state index contributed by atoms with van der Waals surface area (Å²) in [5.74, 6) is -0.444. The van der Waals surface area contributed by atoms with Crippen molar-refractivity contribution in [1.29, 1.82) is 0 Å². The number of halogens is 6. The monoisotopic (exact) mass is 688 g/mol. The Balaban J connectivity index is 1.28. The second-order valence-electron chi connectivity index (χ2n) is 12.6. The molecule has 49 heavy (non-hydrogen) atoms. The van der Waals surface area contributed by atoms with E-state index in [9.17, 15) is 35.9 Å². The molecule has 0 saturated heterocycles. The quantitative estimate of drug-likeness (QED) is 0.195. The Morgan fingerprint density at radius 1 is 0.918 bits per heavy atom. The van der Waals surface area contributed by atoms with Gasteiger partial charge in [-0.1, -0.05) is 30.3 Å². The van der Waals surface area contributed by atoms with Crippen molar-refractivity contribution < 1.29 is 40.7 Å². The Kier molecular flexibility index (Phi) is 9.66. The van der Waals surface area contributed by atoms with Gasteiger partial charge in [0, 0.05) is 19.3 Å². The van der Waals surface area contributed by atoms with Crippen molar-refractivity contribution in [1.82, 2.24) is 25.4 Å². The van der Waals surface area contributed by atoms with Crippen LogP contribution in [0, 0.1) is 0 Å². The van der Waals surface area contributed by atoms with Crippen molar-refractivity contribution in [2.75, 3.05) is 11.4 Å². The summed E-state index contributed by atoms with van der Waals surface area (Å²) in [5, 5.41) is 9.11. The Labute approximate surface area is 278 Å². The average Bonchev–Trinajstić information content (AvgIpc) is 3.47. The van der Waals surface area contributed by atoms with Crippen molar-refractivity contribution in [3.8, 4) is 11.1 Å². The molecule has 2 N–H and O–H groups in total. The van der Waals surface area contributed by atoms with E-state index in [4.69, 9.17) is 4.74 Å². The second kappa shape index (κ2) is 13.4. The molecule has 2 aromatic heterocycles. The maximum Gasteiger partial charge on any atom is 0.435 e. The van der Waals surface area contributed by atoms with E-state index >= 15 is 0 Å². The molecule has 0 fully saturated rings. The number of anilines is 1. The molecule has 15 heteroatoms. The van der Waals surface area contributed by atoms with E-state index in [1.54, 1.807) is 58.0 Å². The predicted molar refractivity (Wildman–Crippen MR) is 168 cm³/mol. The molecule has 5 rings (SSSR count). The van der Waals surface area contributed by atoms with Gasteiger partial charge in [0.2, 0.25) is 0 Å². The van der Waals surface area contributed by atoms with Gasteiger partial charge in [-0.25, -0.2) is 4.79 Å². The molecule has 0 saturated carbocycles. The lowest BCUT2D eigenvalue weighted by atomic mass is 9.95. The summed E-state index contributed by atoms with van der Waals surface area (Å²) in [7, 11) is 0. The summed E-state index contributed by atoms with van der Waals surface area (Å²) in [6.45, 7) is 7.52. The number of pyridine rings is 1. The van der Waals surface area contributed by atoms with Crippen LogP contribution in [0.4, 0.5) is 36.8 Å². The molecule has 0 bridgehead atoms. The Morgan fingerprint density at radius 2 is 1.63 bits per heavy atom. The first-order chi connectivity index (χ1) is 22.9. The van der Waals surface area contributed by atoms with Gasteiger partial charge in [0.15, 0.2) is 5.69 Å². The molecule has 1 atom stereocenters. The number of rotatable bonds is 7. The smallest absolute Gasteiger partial charge is 0.435 e. The lowest BCUT2D eigenvalue weighted by molar-refractivity contribution is -0.141. The number of nitrogens with one attached hydrogen (secondary N) is 2. The van der Waals surface area contributed by atoms with E-state index in [-0.39, 0.29) is 30.8 Å². The number of fused-ring (bicyclic) bond motifs is 1. The zero-order chi connectivity index (χ0) is 35.7. The fourth-order valence-corrected chi connectivity index (χ4v) is 5.32. The number of alkyl carbamates (subject to hydrolysis) is 1. The molecule has 0 spiro atoms. The van der Waals surface area contributed by atoms with Gasteiger partial charge in [-0.2, -0.15) is 31.4 Å². The van der Waals surface area contributed by atoms with Crippen LogP contribution >= 0.6 is 0 Å². The third kappa shape index (κ3) is 8.69. The summed E-state index contributed by atoms with van der Waals surface area (Å²) in [6.07, 6.45) is -6.93. The van der Waals surface area contributed by atoms with Crippen LogP contribution in [0.2, 0.25) is 0 Å². The van der Waals surface area contributed by atoms with Crippen LogP contribution in [-0.2, 0) is 36.7 Å². The molecule has 1 aliphatic heterocycles. The Morgan fingerprint density at radius 3 is 2.29 bits per heavy atom. The van der Waals surface area contributed by atoms with Crippen LogP contribution in [0.1, 0.15) is 72.2 Å². The highest BCUT2D eigenvalue weighted by Gasteiger charge is 2.36. The van der Waals surface area contributed by atoms with E-state index in [1.165, 1.54) is 23.1 Å². The number of hydrogen-bond acceptors (Lipinski definition) is 6. The first-order valence-electron chi connectivity index (χ1n) is 15.3. The Bertz CT molecular complexity index is 1830. The predicted octanol–water partition coefficient (Wildman–Crippen LogP) is 7.52. The highest BCUT2D eigenvalue weighted by atomic mass is 19.4. The zero-order valence-electron chi connectivity index (χ0n) is 27.0. The van der Waals surface area contributed by atoms with E-state index in [1.807, 2.05) is 4.90 Å². The molecule has 0 aliphatic carbocycles. The molecule has 260 valence electrons. The van der Waals surface area contributed by atoms with Crippen molar-refractivity contribution in [3.05, 3.63) is 101 Å². The standard InChI is InChI=1S/C34H34F6N6O3/c1-20(43-30(47)24-13-26(18-41-16-24)45-11-12-46-27(19-45)15-29(44-46)34(38,39)40)21-5-7-22(8-6-21)28-14-25(33(35,36)37)10-9-23(28)17-42-31(48)49-32(2,3)4/h5-10,13-16,18,20H,11-12,17,19H2,1-4H3,(H,42,48)(H,43,47)/t20-/m1/s1. The van der Waals surface area contributed by atoms with Gasteiger partial charge < -0.3 is 20.3 Å². The van der Waals surface area contributed by atoms with Gasteiger partial charge in [0.25, 0.3) is 5.91 Å². The SMILES string of the molecule is C[C@@H](NC(=O)c1cncc(N2CCn3nc(C(F)(F)F)cc3C2)c1)c1ccc(-c2cc(C(F)(F)F)ccc2CNC(=O)OC(C)(C)C)cc1. The van der Waals surface area contributed by atoms with Gasteiger partial charge in [0.05, 0.1) is 47.8 Å². The molecule has 0 unspecified atom stereocenters. The minimum atomic E-state index is -4.58. The number of carbonyl (C=O) groups excluding carboxylic acids is 2. The lowest BCUT2D eigenvalue weighted by Gasteiger charge is -2.29. The topological polar surface area (TPSA) is 101 Å². The van der Waals surface area contributed by atoms with Gasteiger partial charge in [-0.05, 0) is 74.2 Å². The third-order valence-corrected chi connectivity index (χ3v) is 7.77. The maximum absolute atomic E-state index is 13.6. The largest absolute Gasteiger partial charge is 0.444 e. The number of amides is 2. The first-order valence-corrected chi connectivity index (χ1v) is 15.3. The number of benzene rings is 2. The van der Waals surface area contributed by atoms with E-state index in [2.05, 4.69) is 20.7 Å². The van der Waals surface area contributed by atoms with Crippen molar-refractivity contribution in [2.24, 2.45) is 0 Å². The summed E-state index contributed by atoms with van der Waals surface area (Å²) in [4.78, 5) is 31.4. The minimum absolute atomic E-state index is 0.0701. The second-order valence-corrected chi connectivity index (χ2v) is 12.6. The molecule has 3 heterocycles. The fourth-order valence-electron chi connectivity index (χ4n) is 5.32. The number of nitrogens with zero attached hydrogens (tertiary/aromatic N) is 4. The maximum atomic E-state index is 13.6. The van der Waals surface area contributed by atoms with Crippen molar-refractivity contribution >= 4 is 17.7 Å². The summed E-state index contributed by atoms with van der Waals surface area (Å²) in [5.41, 5.74) is 0.497. The lowest BCUT2D eigenvalue weighted by Crippen LogP contribution is -2.34. The van der Waals surface area contributed by atoms with Gasteiger partial charge in [-0.15, -0.1) is 0 Å². The summed E-state index contributed by atoms with van der Waals surface area (Å²) >= 11 is 0. The normalized spacial score (nSPS) is 14.2. The molecular formula is C34H34F6N6O3. The molecule has 2 aromatic carbocycles. The number of ether oxygens (including phenoxy) is 1. The van der Waals surface area contributed by atoms with Crippen LogP contribution in [-0.4, -0.2) is 38.9 Å². The van der Waals surface area contributed by atoms with Crippen molar-refractivity contribution in [2.45, 2.75) is 71.3 Å². The Hall–Kier alpha value is -5.08. The van der Waals surface area contributed by atoms with E-state index in [0.29, 0.717) is 34.6 Å². The minimum Gasteiger partial charge on any atom is -0.444 e. The summed E-state index contributed by atoms with van der Waals surface area (Å²) < 4.78 is 86.7. The zero-order valence-corrected chi connectivity index (χ0v) is 27.0. The van der Waals surface area contributed by atoms with Crippen LogP contribution in [0.3, 0.4) is 0 Å². The fraction of sp³-hybridized carbons (Fsp3) is 0.353. The van der Waals surface area contributed by atoms with Gasteiger partial charge in [0.1, 0.15) is 5.60 Å². The molecule has 4 aromatic rings. The molecular weight excluding hydrogens is 654 g/mol. The van der Waals surface area contributed by atoms with Gasteiger partial charge in [-0.3, -0.25) is 14.5 Å². The van der Waals surface area contributed by atoms with Crippen LogP contribution in [0.25, 0.3) is 11.1 Å². The highest BCUT2D eigenvalue weighted by Crippen LogP contribution is 2.35. The van der Waals surface area contributed by atoms with Gasteiger partial charge >= 0.3 is 18.4 Å². The number of alkyl halides is 6. The van der Waals surface area contributed by atoms with Crippen LogP contribution < -0.4 is 15.5 Å². The third-order valence-electron chi connectivity index (χ3n) is 7.77. The highest BCUT2D eigenvalue weighted by molar-refractivity contribution is 5.95.